The Bertz CT molecular complexity index is 629. The van der Waals surface area contributed by atoms with Crippen LogP contribution in [0.1, 0.15) is 26.3 Å². The van der Waals surface area contributed by atoms with Crippen LogP contribution in [0, 0.1) is 0 Å². The highest BCUT2D eigenvalue weighted by atomic mass is 127. The minimum Gasteiger partial charge on any atom is -0.458 e. The fraction of sp³-hybridized carbons (Fsp3) is 0.438. The zero-order valence-electron chi connectivity index (χ0n) is 13.7. The maximum absolute atomic E-state index is 12.5. The van der Waals surface area contributed by atoms with Crippen molar-refractivity contribution in [3.05, 3.63) is 35.9 Å². The Morgan fingerprint density at radius 3 is 2.42 bits per heavy atom. The molecule has 0 radical (unpaired) electrons. The molecule has 1 saturated heterocycles. The van der Waals surface area contributed by atoms with Gasteiger partial charge >= 0.3 is 18.1 Å². The van der Waals surface area contributed by atoms with Crippen LogP contribution in [0.25, 0.3) is 0 Å². The largest absolute Gasteiger partial charge is 0.458 e. The van der Waals surface area contributed by atoms with E-state index in [0.717, 1.165) is 10.5 Å². The molecule has 3 amide bonds. The molecule has 1 aromatic rings. The number of benzene rings is 1. The summed E-state index contributed by atoms with van der Waals surface area (Å²) in [5, 5.41) is 0. The molecule has 1 aliphatic rings. The summed E-state index contributed by atoms with van der Waals surface area (Å²) in [6.45, 7) is 5.54. The zero-order chi connectivity index (χ0) is 17.9. The number of ether oxygens (including phenoxy) is 1. The standard InChI is InChI=1S/C16H19IN2O5/c1-16(2,3)23-13(20)12-10-18(9-11-7-5-4-6-8-11)14(21)19(12)15(22)24-17/h4-8,12H,9-10H2,1-3H3. The number of carbonyl (C=O) groups excluding carboxylic acids is 3. The van der Waals surface area contributed by atoms with Crippen molar-refractivity contribution in [2.75, 3.05) is 6.54 Å². The van der Waals surface area contributed by atoms with Crippen molar-refractivity contribution in [3.63, 3.8) is 0 Å². The van der Waals surface area contributed by atoms with Crippen LogP contribution in [0.15, 0.2) is 30.3 Å². The Morgan fingerprint density at radius 1 is 1.25 bits per heavy atom. The van der Waals surface area contributed by atoms with Gasteiger partial charge < -0.3 is 12.7 Å². The summed E-state index contributed by atoms with van der Waals surface area (Å²) in [6.07, 6.45) is -0.882. The van der Waals surface area contributed by atoms with Gasteiger partial charge in [-0.25, -0.2) is 19.3 Å². The highest BCUT2D eigenvalue weighted by molar-refractivity contribution is 14.1. The molecular weight excluding hydrogens is 427 g/mol. The monoisotopic (exact) mass is 446 g/mol. The van der Waals surface area contributed by atoms with Gasteiger partial charge in [0.15, 0.2) is 29.0 Å². The molecule has 0 N–H and O–H groups in total. The fourth-order valence-corrected chi connectivity index (χ4v) is 2.59. The molecule has 24 heavy (non-hydrogen) atoms. The summed E-state index contributed by atoms with van der Waals surface area (Å²) < 4.78 is 9.94. The van der Waals surface area contributed by atoms with Crippen LogP contribution in [-0.4, -0.2) is 46.1 Å². The van der Waals surface area contributed by atoms with Gasteiger partial charge in [0.1, 0.15) is 5.60 Å². The molecule has 1 fully saturated rings. The molecule has 0 spiro atoms. The van der Waals surface area contributed by atoms with Crippen LogP contribution in [0.4, 0.5) is 9.59 Å². The third-order valence-electron chi connectivity index (χ3n) is 3.34. The predicted molar refractivity (Wildman–Crippen MR) is 94.2 cm³/mol. The molecule has 0 bridgehead atoms. The van der Waals surface area contributed by atoms with E-state index in [9.17, 15) is 14.4 Å². The van der Waals surface area contributed by atoms with E-state index in [2.05, 4.69) is 3.07 Å². The van der Waals surface area contributed by atoms with E-state index in [1.165, 1.54) is 27.9 Å². The minimum atomic E-state index is -1.03. The summed E-state index contributed by atoms with van der Waals surface area (Å²) in [5.74, 6) is -0.631. The van der Waals surface area contributed by atoms with Crippen LogP contribution in [-0.2, 0) is 19.1 Å². The lowest BCUT2D eigenvalue weighted by Gasteiger charge is -2.24. The molecule has 1 aliphatic heterocycles. The third kappa shape index (κ3) is 4.37. The molecule has 0 aromatic heterocycles. The first-order valence-corrected chi connectivity index (χ1v) is 8.28. The molecule has 1 unspecified atom stereocenters. The number of amides is 3. The maximum Gasteiger partial charge on any atom is 0.428 e. The lowest BCUT2D eigenvalue weighted by atomic mass is 10.2. The number of imide groups is 1. The van der Waals surface area contributed by atoms with Crippen molar-refractivity contribution in [3.8, 4) is 0 Å². The van der Waals surface area contributed by atoms with Crippen molar-refractivity contribution < 1.29 is 22.2 Å². The second-order valence-corrected chi connectivity index (χ2v) is 6.85. The number of hydrogen-bond donors (Lipinski definition) is 0. The number of esters is 1. The Balaban J connectivity index is 2.21. The number of carbonyl (C=O) groups is 3. The summed E-state index contributed by atoms with van der Waals surface area (Å²) in [6, 6.07) is 7.73. The molecule has 130 valence electrons. The topological polar surface area (TPSA) is 76.2 Å². The lowest BCUT2D eigenvalue weighted by Crippen LogP contribution is -2.45. The predicted octanol–water partition coefficient (Wildman–Crippen LogP) is 3.12. The fourth-order valence-electron chi connectivity index (χ4n) is 2.38. The Labute approximate surface area is 154 Å². The first kappa shape index (κ1) is 18.5. The van der Waals surface area contributed by atoms with E-state index in [0.29, 0.717) is 6.54 Å². The number of hydrogen-bond acceptors (Lipinski definition) is 5. The molecule has 0 aliphatic carbocycles. The molecule has 1 heterocycles. The van der Waals surface area contributed by atoms with Crippen molar-refractivity contribution in [1.29, 1.82) is 0 Å². The summed E-state index contributed by atoms with van der Waals surface area (Å²) in [4.78, 5) is 39.1. The van der Waals surface area contributed by atoms with Crippen LogP contribution in [0.3, 0.4) is 0 Å². The van der Waals surface area contributed by atoms with E-state index in [1.54, 1.807) is 20.8 Å². The second kappa shape index (κ2) is 7.37. The van der Waals surface area contributed by atoms with Gasteiger partial charge in [-0.05, 0) is 26.3 Å². The van der Waals surface area contributed by atoms with E-state index < -0.39 is 29.7 Å². The SMILES string of the molecule is CC(C)(C)OC(=O)C1CN(Cc2ccccc2)C(=O)N1C(=O)OI. The Kier molecular flexibility index (Phi) is 5.68. The highest BCUT2D eigenvalue weighted by Crippen LogP contribution is 2.23. The van der Waals surface area contributed by atoms with Gasteiger partial charge in [0.2, 0.25) is 0 Å². The van der Waals surface area contributed by atoms with Crippen LogP contribution >= 0.6 is 23.0 Å². The van der Waals surface area contributed by atoms with Crippen LogP contribution < -0.4 is 0 Å². The first-order chi connectivity index (χ1) is 11.2. The average Bonchev–Trinajstić information content (AvgIpc) is 2.83. The molecule has 7 nitrogen and oxygen atoms in total. The highest BCUT2D eigenvalue weighted by Gasteiger charge is 2.47. The van der Waals surface area contributed by atoms with Crippen molar-refractivity contribution in [2.45, 2.75) is 39.0 Å². The number of halogens is 1. The minimum absolute atomic E-state index is 0.0639. The second-order valence-electron chi connectivity index (χ2n) is 6.41. The van der Waals surface area contributed by atoms with Crippen LogP contribution in [0.5, 0.6) is 0 Å². The van der Waals surface area contributed by atoms with E-state index in [4.69, 9.17) is 4.74 Å². The first-order valence-electron chi connectivity index (χ1n) is 7.40. The Morgan fingerprint density at radius 2 is 1.88 bits per heavy atom. The third-order valence-corrected chi connectivity index (χ3v) is 3.72. The molecule has 1 aromatic carbocycles. The van der Waals surface area contributed by atoms with Crippen molar-refractivity contribution in [2.24, 2.45) is 0 Å². The average molecular weight is 446 g/mol. The number of nitrogens with zero attached hydrogens (tertiary/aromatic N) is 2. The van der Waals surface area contributed by atoms with Gasteiger partial charge in [0.25, 0.3) is 0 Å². The maximum atomic E-state index is 12.5. The number of rotatable bonds is 3. The van der Waals surface area contributed by atoms with Gasteiger partial charge in [-0.2, -0.15) is 0 Å². The van der Waals surface area contributed by atoms with E-state index in [-0.39, 0.29) is 6.54 Å². The van der Waals surface area contributed by atoms with Crippen molar-refractivity contribution >= 4 is 41.1 Å². The summed E-state index contributed by atoms with van der Waals surface area (Å²) in [5.41, 5.74) is 0.186. The lowest BCUT2D eigenvalue weighted by molar-refractivity contribution is -0.158. The zero-order valence-corrected chi connectivity index (χ0v) is 15.8. The molecule has 1 atom stereocenters. The quantitative estimate of drug-likeness (QED) is 0.527. The molecular formula is C16H19IN2O5. The molecule has 8 heteroatoms. The smallest absolute Gasteiger partial charge is 0.428 e. The molecule has 0 saturated carbocycles. The molecule has 2 rings (SSSR count). The summed E-state index contributed by atoms with van der Waals surface area (Å²) >= 11 is 1.39. The van der Waals surface area contributed by atoms with E-state index in [1.807, 2.05) is 30.3 Å². The number of urea groups is 1. The van der Waals surface area contributed by atoms with E-state index >= 15 is 0 Å². The van der Waals surface area contributed by atoms with Gasteiger partial charge in [-0.1, -0.05) is 30.3 Å². The van der Waals surface area contributed by atoms with Gasteiger partial charge in [0.05, 0.1) is 6.54 Å². The normalized spacial score (nSPS) is 17.8. The Hall–Kier alpha value is -1.84. The summed E-state index contributed by atoms with van der Waals surface area (Å²) in [7, 11) is 0. The van der Waals surface area contributed by atoms with Crippen LogP contribution in [0.2, 0.25) is 0 Å². The van der Waals surface area contributed by atoms with Gasteiger partial charge in [0, 0.05) is 6.54 Å². The van der Waals surface area contributed by atoms with Gasteiger partial charge in [-0.3, -0.25) is 0 Å². The van der Waals surface area contributed by atoms with Crippen molar-refractivity contribution in [1.82, 2.24) is 9.80 Å². The van der Waals surface area contributed by atoms with Gasteiger partial charge in [-0.15, -0.1) is 0 Å².